The van der Waals surface area contributed by atoms with Crippen LogP contribution in [-0.4, -0.2) is 33.4 Å². The second kappa shape index (κ2) is 6.39. The van der Waals surface area contributed by atoms with Gasteiger partial charge in [-0.05, 0) is 44.9 Å². The molecule has 5 nitrogen and oxygen atoms in total. The van der Waals surface area contributed by atoms with E-state index < -0.39 is 0 Å². The van der Waals surface area contributed by atoms with Crippen LogP contribution >= 0.6 is 0 Å². The fourth-order valence-corrected chi connectivity index (χ4v) is 3.83. The van der Waals surface area contributed by atoms with Gasteiger partial charge in [0.25, 0.3) is 5.91 Å². The molecule has 0 radical (unpaired) electrons. The van der Waals surface area contributed by atoms with Gasteiger partial charge in [0, 0.05) is 25.0 Å². The summed E-state index contributed by atoms with van der Waals surface area (Å²) in [5.41, 5.74) is 2.83. The van der Waals surface area contributed by atoms with E-state index in [0.29, 0.717) is 18.2 Å². The van der Waals surface area contributed by atoms with Gasteiger partial charge in [-0.2, -0.15) is 0 Å². The van der Waals surface area contributed by atoms with Crippen LogP contribution in [0.5, 0.6) is 0 Å². The van der Waals surface area contributed by atoms with E-state index in [1.54, 1.807) is 12.3 Å². The summed E-state index contributed by atoms with van der Waals surface area (Å²) in [6.07, 6.45) is 5.13. The maximum atomic E-state index is 12.7. The molecule has 0 saturated carbocycles. The van der Waals surface area contributed by atoms with E-state index in [2.05, 4.69) is 36.6 Å². The van der Waals surface area contributed by atoms with Crippen LogP contribution in [-0.2, 0) is 0 Å². The van der Waals surface area contributed by atoms with Crippen LogP contribution in [0, 0.1) is 0 Å². The summed E-state index contributed by atoms with van der Waals surface area (Å²) in [5, 5.41) is 0. The van der Waals surface area contributed by atoms with Crippen molar-refractivity contribution in [3.63, 3.8) is 0 Å². The van der Waals surface area contributed by atoms with Crippen LogP contribution < -0.4 is 0 Å². The lowest BCUT2D eigenvalue weighted by Crippen LogP contribution is -2.39. The van der Waals surface area contributed by atoms with E-state index >= 15 is 0 Å². The number of likely N-dealkylation sites (tertiary alicyclic amines) is 1. The first-order valence-electron chi connectivity index (χ1n) is 8.93. The predicted molar refractivity (Wildman–Crippen MR) is 96.7 cm³/mol. The maximum Gasteiger partial charge on any atom is 0.257 e. The summed E-state index contributed by atoms with van der Waals surface area (Å²) in [7, 11) is 0. The number of furan rings is 1. The van der Waals surface area contributed by atoms with Crippen LogP contribution in [0.3, 0.4) is 0 Å². The third-order valence-corrected chi connectivity index (χ3v) is 4.98. The molecular weight excluding hydrogens is 314 g/mol. The Kier molecular flexibility index (Phi) is 4.07. The molecule has 1 fully saturated rings. The zero-order valence-corrected chi connectivity index (χ0v) is 14.7. The van der Waals surface area contributed by atoms with Gasteiger partial charge in [-0.3, -0.25) is 4.79 Å². The second-order valence-electron chi connectivity index (χ2n) is 7.02. The monoisotopic (exact) mass is 337 g/mol. The molecule has 1 aliphatic heterocycles. The zero-order valence-electron chi connectivity index (χ0n) is 14.7. The van der Waals surface area contributed by atoms with E-state index in [1.807, 2.05) is 11.0 Å². The number of piperidine rings is 1. The number of imidazole rings is 1. The number of hydrogen-bond acceptors (Lipinski definition) is 3. The Bertz CT molecular complexity index is 880. The van der Waals surface area contributed by atoms with E-state index in [0.717, 1.165) is 30.7 Å². The number of benzene rings is 1. The molecule has 1 aliphatic rings. The zero-order chi connectivity index (χ0) is 17.4. The topological polar surface area (TPSA) is 51.3 Å². The molecule has 130 valence electrons. The first-order chi connectivity index (χ1) is 12.1. The number of hydrogen-bond donors (Lipinski definition) is 0. The Balaban J connectivity index is 1.66. The number of carbonyl (C=O) groups is 1. The molecule has 1 saturated heterocycles. The average molecular weight is 337 g/mol. The van der Waals surface area contributed by atoms with Crippen LogP contribution in [0.15, 0.2) is 47.3 Å². The molecular formula is C20H23N3O2. The van der Waals surface area contributed by atoms with Crippen molar-refractivity contribution < 1.29 is 9.21 Å². The molecule has 5 heteroatoms. The van der Waals surface area contributed by atoms with Crippen molar-refractivity contribution in [1.29, 1.82) is 0 Å². The average Bonchev–Trinajstić information content (AvgIpc) is 3.28. The fraction of sp³-hybridized carbons (Fsp3) is 0.400. The minimum atomic E-state index is 0.0469. The van der Waals surface area contributed by atoms with Gasteiger partial charge in [-0.15, -0.1) is 0 Å². The fourth-order valence-electron chi connectivity index (χ4n) is 3.83. The van der Waals surface area contributed by atoms with Gasteiger partial charge >= 0.3 is 0 Å². The lowest BCUT2D eigenvalue weighted by Gasteiger charge is -2.33. The van der Waals surface area contributed by atoms with E-state index in [1.165, 1.54) is 11.8 Å². The van der Waals surface area contributed by atoms with E-state index in [-0.39, 0.29) is 11.8 Å². The lowest BCUT2D eigenvalue weighted by molar-refractivity contribution is 0.0702. The minimum absolute atomic E-state index is 0.0469. The highest BCUT2D eigenvalue weighted by molar-refractivity contribution is 5.93. The first kappa shape index (κ1) is 15.9. The molecule has 1 atom stereocenters. The summed E-state index contributed by atoms with van der Waals surface area (Å²) < 4.78 is 7.39. The number of carbonyl (C=O) groups excluding carboxylic acids is 1. The normalized spacial score (nSPS) is 18.2. The van der Waals surface area contributed by atoms with Crippen LogP contribution in [0.1, 0.15) is 54.8 Å². The molecule has 1 amide bonds. The summed E-state index contributed by atoms with van der Waals surface area (Å²) in [4.78, 5) is 19.5. The van der Waals surface area contributed by atoms with Gasteiger partial charge in [0.05, 0.1) is 22.9 Å². The number of rotatable bonds is 3. The highest BCUT2D eigenvalue weighted by atomic mass is 16.3. The lowest BCUT2D eigenvalue weighted by atomic mass is 9.96. The van der Waals surface area contributed by atoms with E-state index in [9.17, 15) is 4.79 Å². The minimum Gasteiger partial charge on any atom is -0.472 e. The SMILES string of the molecule is CC(C)n1c([C@@H]2CCCN(C(=O)c3ccoc3)C2)nc2ccccc21. The van der Waals surface area contributed by atoms with Gasteiger partial charge in [-0.25, -0.2) is 4.98 Å². The van der Waals surface area contributed by atoms with Crippen molar-refractivity contribution in [3.05, 3.63) is 54.2 Å². The Hall–Kier alpha value is -2.56. The molecule has 3 heterocycles. The quantitative estimate of drug-likeness (QED) is 0.718. The molecule has 2 aromatic heterocycles. The van der Waals surface area contributed by atoms with Crippen molar-refractivity contribution in [3.8, 4) is 0 Å². The summed E-state index contributed by atoms with van der Waals surface area (Å²) in [6.45, 7) is 5.88. The van der Waals surface area contributed by atoms with E-state index in [4.69, 9.17) is 9.40 Å². The smallest absolute Gasteiger partial charge is 0.257 e. The van der Waals surface area contributed by atoms with Crippen molar-refractivity contribution in [2.75, 3.05) is 13.1 Å². The number of nitrogens with zero attached hydrogens (tertiary/aromatic N) is 3. The Labute approximate surface area is 147 Å². The van der Waals surface area contributed by atoms with Gasteiger partial charge in [0.15, 0.2) is 0 Å². The number of amides is 1. The highest BCUT2D eigenvalue weighted by Crippen LogP contribution is 2.32. The number of aromatic nitrogens is 2. The standard InChI is InChI=1S/C20H23N3O2/c1-14(2)23-18-8-4-3-7-17(18)21-19(23)15-6-5-10-22(12-15)20(24)16-9-11-25-13-16/h3-4,7-9,11,13-15H,5-6,10,12H2,1-2H3/t15-/m1/s1. The molecule has 25 heavy (non-hydrogen) atoms. The molecule has 0 aliphatic carbocycles. The molecule has 4 rings (SSSR count). The Morgan fingerprint density at radius 1 is 1.28 bits per heavy atom. The van der Waals surface area contributed by atoms with Gasteiger partial charge in [0.2, 0.25) is 0 Å². The number of fused-ring (bicyclic) bond motifs is 1. The summed E-state index contributed by atoms with van der Waals surface area (Å²) >= 11 is 0. The van der Waals surface area contributed by atoms with Crippen LogP contribution in [0.2, 0.25) is 0 Å². The molecule has 3 aromatic rings. The third kappa shape index (κ3) is 2.84. The first-order valence-corrected chi connectivity index (χ1v) is 8.93. The maximum absolute atomic E-state index is 12.7. The molecule has 0 bridgehead atoms. The van der Waals surface area contributed by atoms with Gasteiger partial charge < -0.3 is 13.9 Å². The second-order valence-corrected chi connectivity index (χ2v) is 7.02. The third-order valence-electron chi connectivity index (χ3n) is 4.98. The Morgan fingerprint density at radius 3 is 2.88 bits per heavy atom. The predicted octanol–water partition coefficient (Wildman–Crippen LogP) is 4.23. The molecule has 0 spiro atoms. The van der Waals surface area contributed by atoms with Crippen molar-refractivity contribution in [2.45, 2.75) is 38.6 Å². The van der Waals surface area contributed by atoms with Crippen molar-refractivity contribution >= 4 is 16.9 Å². The highest BCUT2D eigenvalue weighted by Gasteiger charge is 2.29. The van der Waals surface area contributed by atoms with Crippen molar-refractivity contribution in [2.24, 2.45) is 0 Å². The molecule has 1 aromatic carbocycles. The van der Waals surface area contributed by atoms with Gasteiger partial charge in [-0.1, -0.05) is 12.1 Å². The summed E-state index contributed by atoms with van der Waals surface area (Å²) in [5.74, 6) is 1.41. The van der Waals surface area contributed by atoms with Crippen LogP contribution in [0.25, 0.3) is 11.0 Å². The van der Waals surface area contributed by atoms with Crippen molar-refractivity contribution in [1.82, 2.24) is 14.5 Å². The number of para-hydroxylation sites is 2. The Morgan fingerprint density at radius 2 is 2.12 bits per heavy atom. The largest absolute Gasteiger partial charge is 0.472 e. The summed E-state index contributed by atoms with van der Waals surface area (Å²) in [6, 6.07) is 10.3. The van der Waals surface area contributed by atoms with Crippen LogP contribution in [0.4, 0.5) is 0 Å². The molecule has 0 N–H and O–H groups in total. The van der Waals surface area contributed by atoms with Gasteiger partial charge in [0.1, 0.15) is 12.1 Å². The molecule has 0 unspecified atom stereocenters.